The second-order valence-electron chi connectivity index (χ2n) is 7.21. The summed E-state index contributed by atoms with van der Waals surface area (Å²) in [5, 5.41) is 16.7. The first kappa shape index (κ1) is 26.5. The Kier molecular flexibility index (Phi) is 11.5. The molecule has 1 aromatic rings. The van der Waals surface area contributed by atoms with Crippen LogP contribution in [0.15, 0.2) is 30.4 Å². The highest BCUT2D eigenvalue weighted by Crippen LogP contribution is 2.46. The third-order valence-electron chi connectivity index (χ3n) is 4.71. The first-order valence-electron chi connectivity index (χ1n) is 9.43. The van der Waals surface area contributed by atoms with Gasteiger partial charge in [-0.3, -0.25) is 4.79 Å². The van der Waals surface area contributed by atoms with E-state index in [0.717, 1.165) is 43.5 Å². The monoisotopic (exact) mass is 475 g/mol. The Labute approximate surface area is 191 Å². The zero-order valence-corrected chi connectivity index (χ0v) is 19.4. The molecule has 1 fully saturated rings. The Balaban J connectivity index is 0.000000479. The topological polar surface area (TPSA) is 94.9 Å². The summed E-state index contributed by atoms with van der Waals surface area (Å²) in [5.41, 5.74) is 0.718. The number of nitrogens with zero attached hydrogens (tertiary/aromatic N) is 1. The van der Waals surface area contributed by atoms with Crippen LogP contribution in [0.5, 0.6) is 0 Å². The van der Waals surface area contributed by atoms with Gasteiger partial charge in [0, 0.05) is 12.2 Å². The van der Waals surface area contributed by atoms with Crippen molar-refractivity contribution < 1.29 is 24.6 Å². The molecule has 6 nitrogen and oxygen atoms in total. The average Bonchev–Trinajstić information content (AvgIpc) is 2.62. The highest BCUT2D eigenvalue weighted by Gasteiger charge is 2.44. The molecule has 0 saturated heterocycles. The van der Waals surface area contributed by atoms with Gasteiger partial charge in [-0.05, 0) is 63.4 Å². The molecule has 0 atom stereocenters. The Morgan fingerprint density at radius 1 is 1.10 bits per heavy atom. The number of hydrogen-bond donors (Lipinski definition) is 2. The second-order valence-corrected chi connectivity index (χ2v) is 9.13. The number of carbonyl (C=O) groups excluding carboxylic acids is 1. The molecular formula is C21H27Cl2NO5S. The van der Waals surface area contributed by atoms with Crippen LogP contribution in [0.4, 0.5) is 0 Å². The summed E-state index contributed by atoms with van der Waals surface area (Å²) in [6, 6.07) is 5.64. The molecule has 1 aromatic carbocycles. The predicted molar refractivity (Wildman–Crippen MR) is 122 cm³/mol. The van der Waals surface area contributed by atoms with Gasteiger partial charge in [-0.25, -0.2) is 9.59 Å². The molecule has 1 aliphatic carbocycles. The lowest BCUT2D eigenvalue weighted by Gasteiger charge is -2.41. The van der Waals surface area contributed by atoms with Gasteiger partial charge in [-0.2, -0.15) is 11.8 Å². The van der Waals surface area contributed by atoms with Crippen LogP contribution in [0.1, 0.15) is 31.2 Å². The fourth-order valence-corrected chi connectivity index (χ4v) is 4.22. The van der Waals surface area contributed by atoms with E-state index in [1.54, 1.807) is 17.8 Å². The maximum Gasteiger partial charge on any atom is 0.328 e. The first-order chi connectivity index (χ1) is 14.1. The van der Waals surface area contributed by atoms with E-state index in [4.69, 9.17) is 33.4 Å². The molecule has 0 heterocycles. The van der Waals surface area contributed by atoms with Gasteiger partial charge in [0.15, 0.2) is 5.78 Å². The van der Waals surface area contributed by atoms with Crippen LogP contribution in [0.25, 0.3) is 0 Å². The van der Waals surface area contributed by atoms with E-state index in [1.807, 2.05) is 12.1 Å². The zero-order valence-electron chi connectivity index (χ0n) is 17.1. The summed E-state index contributed by atoms with van der Waals surface area (Å²) < 4.78 is 0. The average molecular weight is 476 g/mol. The van der Waals surface area contributed by atoms with Gasteiger partial charge in [-0.15, -0.1) is 0 Å². The molecule has 166 valence electrons. The van der Waals surface area contributed by atoms with Crippen molar-refractivity contribution in [3.05, 3.63) is 46.0 Å². The molecular weight excluding hydrogens is 449 g/mol. The zero-order chi connectivity index (χ0) is 22.7. The van der Waals surface area contributed by atoms with Crippen molar-refractivity contribution >= 4 is 52.7 Å². The van der Waals surface area contributed by atoms with Gasteiger partial charge >= 0.3 is 11.9 Å². The third kappa shape index (κ3) is 8.68. The predicted octanol–water partition coefficient (Wildman–Crippen LogP) is 4.38. The normalized spacial score (nSPS) is 14.7. The maximum absolute atomic E-state index is 12.7. The highest BCUT2D eigenvalue weighted by atomic mass is 35.5. The van der Waals surface area contributed by atoms with E-state index < -0.39 is 11.9 Å². The van der Waals surface area contributed by atoms with Crippen molar-refractivity contribution in [3.8, 4) is 0 Å². The number of carbonyl (C=O) groups is 3. The smallest absolute Gasteiger partial charge is 0.328 e. The number of halogens is 2. The van der Waals surface area contributed by atoms with E-state index >= 15 is 0 Å². The number of benzene rings is 1. The van der Waals surface area contributed by atoms with Crippen LogP contribution >= 0.6 is 35.0 Å². The minimum atomic E-state index is -1.26. The van der Waals surface area contributed by atoms with Gasteiger partial charge in [-0.1, -0.05) is 35.7 Å². The number of rotatable bonds is 10. The summed E-state index contributed by atoms with van der Waals surface area (Å²) in [6.07, 6.45) is 5.21. The third-order valence-corrected chi connectivity index (χ3v) is 6.49. The molecule has 2 rings (SSSR count). The number of hydrogen-bond acceptors (Lipinski definition) is 5. The van der Waals surface area contributed by atoms with Crippen LogP contribution in [-0.4, -0.2) is 65.0 Å². The maximum atomic E-state index is 12.7. The van der Waals surface area contributed by atoms with Crippen molar-refractivity contribution in [2.45, 2.75) is 31.1 Å². The summed E-state index contributed by atoms with van der Waals surface area (Å²) in [5.74, 6) is -0.554. The summed E-state index contributed by atoms with van der Waals surface area (Å²) in [4.78, 5) is 34.0. The van der Waals surface area contributed by atoms with E-state index in [0.29, 0.717) is 33.7 Å². The van der Waals surface area contributed by atoms with Crippen molar-refractivity contribution in [2.24, 2.45) is 0 Å². The molecule has 2 N–H and O–H groups in total. The van der Waals surface area contributed by atoms with E-state index in [2.05, 4.69) is 19.0 Å². The van der Waals surface area contributed by atoms with Crippen LogP contribution in [-0.2, 0) is 19.8 Å². The Hall–Kier alpha value is -1.54. The molecule has 9 heteroatoms. The molecule has 1 aliphatic rings. The minimum Gasteiger partial charge on any atom is -0.478 e. The summed E-state index contributed by atoms with van der Waals surface area (Å²) in [6.45, 7) is 1.07. The standard InChI is InChI=1S/C17H23Cl2NOS.C4H4O4/c1-20(2)9-4-10-22-12-16(21)17(7-3-8-17)13-5-6-14(18)15(19)11-13;5-3(6)1-2-4(7)8/h5-6,11H,3-4,7-10,12H2,1-2H3;1-2H,(H,5,6)(H,7,8). The quantitative estimate of drug-likeness (QED) is 0.382. The van der Waals surface area contributed by atoms with E-state index in [-0.39, 0.29) is 5.41 Å². The number of thioether (sulfide) groups is 1. The van der Waals surface area contributed by atoms with Gasteiger partial charge in [0.05, 0.1) is 21.2 Å². The lowest BCUT2D eigenvalue weighted by molar-refractivity contribution is -0.134. The van der Waals surface area contributed by atoms with Gasteiger partial charge in [0.1, 0.15) is 0 Å². The Morgan fingerprint density at radius 2 is 1.70 bits per heavy atom. The lowest BCUT2D eigenvalue weighted by atomic mass is 9.62. The SMILES string of the molecule is CN(C)CCCSCC(=O)C1(c2ccc(Cl)c(Cl)c2)CCC1.O=C(O)C=CC(=O)O. The number of carboxylic acid groups (broad SMARTS) is 2. The molecule has 0 bridgehead atoms. The van der Waals surface area contributed by atoms with Crippen molar-refractivity contribution in [1.82, 2.24) is 4.90 Å². The summed E-state index contributed by atoms with van der Waals surface area (Å²) in [7, 11) is 4.15. The molecule has 0 aliphatic heterocycles. The summed E-state index contributed by atoms with van der Waals surface area (Å²) >= 11 is 13.9. The molecule has 30 heavy (non-hydrogen) atoms. The molecule has 0 aromatic heterocycles. The van der Waals surface area contributed by atoms with Crippen molar-refractivity contribution in [1.29, 1.82) is 0 Å². The van der Waals surface area contributed by atoms with Crippen molar-refractivity contribution in [2.75, 3.05) is 32.1 Å². The van der Waals surface area contributed by atoms with Gasteiger partial charge in [0.2, 0.25) is 0 Å². The Morgan fingerprint density at radius 3 is 2.13 bits per heavy atom. The molecule has 1 saturated carbocycles. The fraction of sp³-hybridized carbons (Fsp3) is 0.476. The second kappa shape index (κ2) is 13.0. The van der Waals surface area contributed by atoms with E-state index in [1.165, 1.54) is 0 Å². The largest absolute Gasteiger partial charge is 0.478 e. The molecule has 0 radical (unpaired) electrons. The van der Waals surface area contributed by atoms with E-state index in [9.17, 15) is 14.4 Å². The lowest BCUT2D eigenvalue weighted by Crippen LogP contribution is -2.43. The van der Waals surface area contributed by atoms with Gasteiger partial charge < -0.3 is 15.1 Å². The minimum absolute atomic E-state index is 0.317. The fourth-order valence-electron chi connectivity index (χ4n) is 2.98. The van der Waals surface area contributed by atoms with Crippen LogP contribution in [0.2, 0.25) is 10.0 Å². The highest BCUT2D eigenvalue weighted by molar-refractivity contribution is 7.99. The number of carboxylic acids is 2. The van der Waals surface area contributed by atoms with Crippen molar-refractivity contribution in [3.63, 3.8) is 0 Å². The first-order valence-corrected chi connectivity index (χ1v) is 11.3. The van der Waals surface area contributed by atoms with Crippen LogP contribution < -0.4 is 0 Å². The van der Waals surface area contributed by atoms with Crippen LogP contribution in [0.3, 0.4) is 0 Å². The number of aliphatic carboxylic acids is 2. The molecule has 0 amide bonds. The van der Waals surface area contributed by atoms with Crippen LogP contribution in [0, 0.1) is 0 Å². The number of ketones is 1. The van der Waals surface area contributed by atoms with Gasteiger partial charge in [0.25, 0.3) is 0 Å². The number of Topliss-reactive ketones (excluding diaryl/α,β-unsaturated/α-hetero) is 1. The Bertz CT molecular complexity index is 763. The molecule has 0 unspecified atom stereocenters. The molecule has 0 spiro atoms.